The second kappa shape index (κ2) is 4.66. The van der Waals surface area contributed by atoms with Crippen LogP contribution in [0.15, 0.2) is 18.2 Å². The van der Waals surface area contributed by atoms with Crippen molar-refractivity contribution in [2.24, 2.45) is 0 Å². The number of halogens is 3. The number of aliphatic hydroxyl groups excluding tert-OH is 1. The number of alkyl halides is 3. The summed E-state index contributed by atoms with van der Waals surface area (Å²) in [5, 5.41) is 5.64. The Balaban J connectivity index is 2.29. The zero-order valence-electron chi connectivity index (χ0n) is 8.83. The number of aliphatic hydroxyl groups is 1. The van der Waals surface area contributed by atoms with E-state index in [1.807, 2.05) is 0 Å². The lowest BCUT2D eigenvalue weighted by atomic mass is 10.1. The molecule has 0 amide bonds. The standard InChI is InChI=1S/C11H11ClF2O3/c12-11(13,14)10(15)7-2-3-8-9(6-7)17-5-1-4-16-8/h2-3,6,10,15H,1,4-5H2. The Bertz CT molecular complexity index is 406. The molecule has 1 atom stereocenters. The van der Waals surface area contributed by atoms with Crippen molar-refractivity contribution in [1.29, 1.82) is 0 Å². The summed E-state index contributed by atoms with van der Waals surface area (Å²) in [4.78, 5) is 0. The molecule has 17 heavy (non-hydrogen) atoms. The first-order valence-corrected chi connectivity index (χ1v) is 5.50. The Hall–Kier alpha value is -1.07. The van der Waals surface area contributed by atoms with Crippen LogP contribution < -0.4 is 9.47 Å². The van der Waals surface area contributed by atoms with Crippen molar-refractivity contribution in [3.63, 3.8) is 0 Å². The molecule has 6 heteroatoms. The van der Waals surface area contributed by atoms with Crippen molar-refractivity contribution in [3.05, 3.63) is 23.8 Å². The molecule has 1 aliphatic rings. The fourth-order valence-electron chi connectivity index (χ4n) is 1.54. The average Bonchev–Trinajstić information content (AvgIpc) is 2.50. The molecular weight excluding hydrogens is 254 g/mol. The highest BCUT2D eigenvalue weighted by Crippen LogP contribution is 2.38. The van der Waals surface area contributed by atoms with Crippen molar-refractivity contribution in [3.8, 4) is 11.5 Å². The fraction of sp³-hybridized carbons (Fsp3) is 0.455. The van der Waals surface area contributed by atoms with Gasteiger partial charge in [-0.05, 0) is 29.3 Å². The highest BCUT2D eigenvalue weighted by molar-refractivity contribution is 6.22. The third-order valence-corrected chi connectivity index (χ3v) is 2.60. The molecule has 0 saturated carbocycles. The van der Waals surface area contributed by atoms with E-state index < -0.39 is 11.5 Å². The van der Waals surface area contributed by atoms with Crippen LogP contribution in [0.3, 0.4) is 0 Å². The van der Waals surface area contributed by atoms with Crippen molar-refractivity contribution in [2.45, 2.75) is 17.9 Å². The van der Waals surface area contributed by atoms with Gasteiger partial charge in [0.05, 0.1) is 13.2 Å². The van der Waals surface area contributed by atoms with Gasteiger partial charge in [0.15, 0.2) is 17.6 Å². The van der Waals surface area contributed by atoms with Crippen LogP contribution in [-0.2, 0) is 0 Å². The molecule has 1 aliphatic heterocycles. The van der Waals surface area contributed by atoms with Gasteiger partial charge >= 0.3 is 5.38 Å². The molecule has 0 bridgehead atoms. The van der Waals surface area contributed by atoms with Gasteiger partial charge in [0.2, 0.25) is 0 Å². The lowest BCUT2D eigenvalue weighted by Crippen LogP contribution is -2.18. The van der Waals surface area contributed by atoms with E-state index in [1.165, 1.54) is 18.2 Å². The predicted molar refractivity (Wildman–Crippen MR) is 57.8 cm³/mol. The average molecular weight is 265 g/mol. The predicted octanol–water partition coefficient (Wildman–Crippen LogP) is 2.71. The topological polar surface area (TPSA) is 38.7 Å². The Morgan fingerprint density at radius 1 is 1.24 bits per heavy atom. The van der Waals surface area contributed by atoms with Crippen LogP contribution in [0.1, 0.15) is 18.1 Å². The van der Waals surface area contributed by atoms with Gasteiger partial charge in [0.25, 0.3) is 0 Å². The van der Waals surface area contributed by atoms with E-state index in [-0.39, 0.29) is 5.56 Å². The van der Waals surface area contributed by atoms with Gasteiger partial charge in [-0.1, -0.05) is 6.07 Å². The number of fused-ring (bicyclic) bond motifs is 1. The van der Waals surface area contributed by atoms with Gasteiger partial charge in [-0.15, -0.1) is 0 Å². The molecule has 94 valence electrons. The molecule has 3 nitrogen and oxygen atoms in total. The molecule has 0 fully saturated rings. The van der Waals surface area contributed by atoms with Crippen LogP contribution in [0.4, 0.5) is 8.78 Å². The normalized spacial score (nSPS) is 17.4. The first-order valence-electron chi connectivity index (χ1n) is 5.13. The smallest absolute Gasteiger partial charge is 0.351 e. The summed E-state index contributed by atoms with van der Waals surface area (Å²) < 4.78 is 36.2. The van der Waals surface area contributed by atoms with Gasteiger partial charge in [0.1, 0.15) is 0 Å². The molecule has 0 spiro atoms. The van der Waals surface area contributed by atoms with Crippen LogP contribution in [-0.4, -0.2) is 23.7 Å². The van der Waals surface area contributed by atoms with Gasteiger partial charge in [-0.25, -0.2) is 0 Å². The molecule has 1 aromatic rings. The lowest BCUT2D eigenvalue weighted by molar-refractivity contribution is -0.0425. The Morgan fingerprint density at radius 3 is 2.53 bits per heavy atom. The molecular formula is C11H11ClF2O3. The maximum atomic E-state index is 12.8. The first kappa shape index (κ1) is 12.4. The Labute approximate surface area is 102 Å². The van der Waals surface area contributed by atoms with E-state index in [4.69, 9.17) is 21.1 Å². The summed E-state index contributed by atoms with van der Waals surface area (Å²) in [6, 6.07) is 4.15. The summed E-state index contributed by atoms with van der Waals surface area (Å²) in [6.07, 6.45) is -1.35. The van der Waals surface area contributed by atoms with Crippen LogP contribution in [0, 0.1) is 0 Å². The second-order valence-corrected chi connectivity index (χ2v) is 4.20. The van der Waals surface area contributed by atoms with Crippen molar-refractivity contribution in [2.75, 3.05) is 13.2 Å². The molecule has 0 aromatic heterocycles. The van der Waals surface area contributed by atoms with Gasteiger partial charge in [-0.3, -0.25) is 0 Å². The van der Waals surface area contributed by atoms with Gasteiger partial charge in [0, 0.05) is 6.42 Å². The van der Waals surface area contributed by atoms with E-state index in [0.29, 0.717) is 24.7 Å². The van der Waals surface area contributed by atoms with Crippen LogP contribution in [0.2, 0.25) is 0 Å². The number of rotatable bonds is 2. The van der Waals surface area contributed by atoms with E-state index in [9.17, 15) is 13.9 Å². The SMILES string of the molecule is OC(c1ccc2c(c1)OCCCO2)C(F)(F)Cl. The molecule has 1 heterocycles. The van der Waals surface area contributed by atoms with E-state index in [1.54, 1.807) is 0 Å². The monoisotopic (exact) mass is 264 g/mol. The van der Waals surface area contributed by atoms with Crippen LogP contribution in [0.25, 0.3) is 0 Å². The summed E-state index contributed by atoms with van der Waals surface area (Å²) in [7, 11) is 0. The minimum atomic E-state index is -3.71. The van der Waals surface area contributed by atoms with E-state index in [2.05, 4.69) is 0 Å². The molecule has 2 rings (SSSR count). The second-order valence-electron chi connectivity index (χ2n) is 3.70. The summed E-state index contributed by atoms with van der Waals surface area (Å²) in [5.74, 6) is 0.830. The van der Waals surface area contributed by atoms with Gasteiger partial charge < -0.3 is 14.6 Å². The van der Waals surface area contributed by atoms with E-state index >= 15 is 0 Å². The zero-order valence-corrected chi connectivity index (χ0v) is 9.58. The Kier molecular flexibility index (Phi) is 3.40. The van der Waals surface area contributed by atoms with E-state index in [0.717, 1.165) is 6.42 Å². The van der Waals surface area contributed by atoms with Crippen molar-refractivity contribution in [1.82, 2.24) is 0 Å². The maximum Gasteiger partial charge on any atom is 0.351 e. The highest BCUT2D eigenvalue weighted by atomic mass is 35.5. The maximum absolute atomic E-state index is 12.8. The molecule has 1 aromatic carbocycles. The quantitative estimate of drug-likeness (QED) is 0.835. The summed E-state index contributed by atoms with van der Waals surface area (Å²) >= 11 is 4.78. The first-order chi connectivity index (χ1) is 7.98. The molecule has 0 aliphatic carbocycles. The minimum Gasteiger partial charge on any atom is -0.490 e. The molecule has 0 saturated heterocycles. The molecule has 1 unspecified atom stereocenters. The molecule has 1 N–H and O–H groups in total. The number of benzene rings is 1. The minimum absolute atomic E-state index is 0.00532. The fourth-order valence-corrected chi connectivity index (χ4v) is 1.66. The summed E-state index contributed by atoms with van der Waals surface area (Å²) in [5.41, 5.74) is -0.00532. The molecule has 0 radical (unpaired) electrons. The number of hydrogen-bond donors (Lipinski definition) is 1. The van der Waals surface area contributed by atoms with Crippen LogP contribution in [0.5, 0.6) is 11.5 Å². The third-order valence-electron chi connectivity index (χ3n) is 2.40. The zero-order chi connectivity index (χ0) is 12.5. The van der Waals surface area contributed by atoms with Crippen molar-refractivity contribution >= 4 is 11.6 Å². The summed E-state index contributed by atoms with van der Waals surface area (Å²) in [6.45, 7) is 0.963. The lowest BCUT2D eigenvalue weighted by Gasteiger charge is -2.17. The number of hydrogen-bond acceptors (Lipinski definition) is 3. The Morgan fingerprint density at radius 2 is 1.88 bits per heavy atom. The highest BCUT2D eigenvalue weighted by Gasteiger charge is 2.37. The van der Waals surface area contributed by atoms with Gasteiger partial charge in [-0.2, -0.15) is 8.78 Å². The largest absolute Gasteiger partial charge is 0.490 e. The third kappa shape index (κ3) is 2.79. The van der Waals surface area contributed by atoms with Crippen molar-refractivity contribution < 1.29 is 23.4 Å². The number of ether oxygens (including phenoxy) is 2. The van der Waals surface area contributed by atoms with Crippen LogP contribution >= 0.6 is 11.6 Å².